The van der Waals surface area contributed by atoms with Crippen LogP contribution >= 0.6 is 0 Å². The quantitative estimate of drug-likeness (QED) is 0.891. The maximum Gasteiger partial charge on any atom is 0.121 e. The Morgan fingerprint density at radius 2 is 2.16 bits per heavy atom. The minimum absolute atomic E-state index is 0.293. The molecule has 3 rings (SSSR count). The normalized spacial score (nSPS) is 19.9. The standard InChI is InChI=1S/C17H21NO/c1-2-18-17(16-11-6-12-19-16)15-10-5-8-13-7-3-4-9-14(13)15/h3-4,6-7,9,11-12,15,17-18H,2,5,8,10H2,1H3. The van der Waals surface area contributed by atoms with E-state index in [1.165, 1.54) is 30.4 Å². The zero-order chi connectivity index (χ0) is 13.1. The summed E-state index contributed by atoms with van der Waals surface area (Å²) in [6.45, 7) is 3.12. The molecule has 1 heterocycles. The molecule has 2 atom stereocenters. The fraction of sp³-hybridized carbons (Fsp3) is 0.412. The summed E-state index contributed by atoms with van der Waals surface area (Å²) in [7, 11) is 0. The maximum atomic E-state index is 5.65. The van der Waals surface area contributed by atoms with Crippen molar-refractivity contribution in [2.24, 2.45) is 0 Å². The van der Waals surface area contributed by atoms with E-state index in [1.807, 2.05) is 6.07 Å². The van der Waals surface area contributed by atoms with Crippen molar-refractivity contribution in [3.8, 4) is 0 Å². The topological polar surface area (TPSA) is 25.2 Å². The molecule has 0 saturated heterocycles. The fourth-order valence-corrected chi connectivity index (χ4v) is 3.27. The summed E-state index contributed by atoms with van der Waals surface area (Å²) in [5.74, 6) is 1.58. The smallest absolute Gasteiger partial charge is 0.121 e. The first kappa shape index (κ1) is 12.5. The molecule has 2 aromatic rings. The van der Waals surface area contributed by atoms with Gasteiger partial charge in [-0.3, -0.25) is 0 Å². The van der Waals surface area contributed by atoms with Crippen LogP contribution in [0.5, 0.6) is 0 Å². The Bertz CT molecular complexity index is 518. The van der Waals surface area contributed by atoms with E-state index in [-0.39, 0.29) is 0 Å². The second kappa shape index (κ2) is 5.62. The molecule has 0 aliphatic heterocycles. The highest BCUT2D eigenvalue weighted by Crippen LogP contribution is 2.40. The van der Waals surface area contributed by atoms with E-state index in [2.05, 4.69) is 42.6 Å². The maximum absolute atomic E-state index is 5.65. The number of rotatable bonds is 4. The van der Waals surface area contributed by atoms with Gasteiger partial charge >= 0.3 is 0 Å². The average molecular weight is 255 g/mol. The summed E-state index contributed by atoms with van der Waals surface area (Å²) < 4.78 is 5.65. The molecule has 1 aliphatic carbocycles. The number of likely N-dealkylation sites (N-methyl/N-ethyl adjacent to an activating group) is 1. The Morgan fingerprint density at radius 1 is 1.26 bits per heavy atom. The van der Waals surface area contributed by atoms with Crippen LogP contribution in [0.3, 0.4) is 0 Å². The lowest BCUT2D eigenvalue weighted by atomic mass is 9.78. The Morgan fingerprint density at radius 3 is 2.95 bits per heavy atom. The zero-order valence-electron chi connectivity index (χ0n) is 11.4. The minimum Gasteiger partial charge on any atom is -0.468 e. The summed E-state index contributed by atoms with van der Waals surface area (Å²) in [6, 6.07) is 13.2. The summed E-state index contributed by atoms with van der Waals surface area (Å²) in [4.78, 5) is 0. The summed E-state index contributed by atoms with van der Waals surface area (Å²) in [5, 5.41) is 3.60. The molecule has 1 N–H and O–H groups in total. The molecular weight excluding hydrogens is 234 g/mol. The van der Waals surface area contributed by atoms with Crippen molar-refractivity contribution in [3.63, 3.8) is 0 Å². The van der Waals surface area contributed by atoms with Crippen LogP contribution in [0.2, 0.25) is 0 Å². The van der Waals surface area contributed by atoms with E-state index < -0.39 is 0 Å². The lowest BCUT2D eigenvalue weighted by molar-refractivity contribution is 0.346. The Kier molecular flexibility index (Phi) is 3.69. The predicted octanol–water partition coefficient (Wildman–Crippen LogP) is 4.05. The van der Waals surface area contributed by atoms with Gasteiger partial charge in [-0.25, -0.2) is 0 Å². The molecule has 0 amide bonds. The molecule has 2 heteroatoms. The van der Waals surface area contributed by atoms with Gasteiger partial charge in [0.25, 0.3) is 0 Å². The third-order valence-corrected chi connectivity index (χ3v) is 4.09. The average Bonchev–Trinajstić information content (AvgIpc) is 2.98. The highest BCUT2D eigenvalue weighted by molar-refractivity contribution is 5.34. The highest BCUT2D eigenvalue weighted by Gasteiger charge is 2.29. The predicted molar refractivity (Wildman–Crippen MR) is 77.2 cm³/mol. The first-order valence-electron chi connectivity index (χ1n) is 7.24. The Labute approximate surface area is 114 Å². The number of aryl methyl sites for hydroxylation is 1. The summed E-state index contributed by atoms with van der Waals surface area (Å²) in [6.07, 6.45) is 5.48. The van der Waals surface area contributed by atoms with E-state index in [9.17, 15) is 0 Å². The molecule has 2 nitrogen and oxygen atoms in total. The molecule has 1 aromatic heterocycles. The number of fused-ring (bicyclic) bond motifs is 1. The molecule has 100 valence electrons. The van der Waals surface area contributed by atoms with Gasteiger partial charge in [0.2, 0.25) is 0 Å². The van der Waals surface area contributed by atoms with Crippen LogP contribution in [0, 0.1) is 0 Å². The van der Waals surface area contributed by atoms with E-state index >= 15 is 0 Å². The molecular formula is C17H21NO. The zero-order valence-corrected chi connectivity index (χ0v) is 11.4. The van der Waals surface area contributed by atoms with E-state index in [1.54, 1.807) is 6.26 Å². The highest BCUT2D eigenvalue weighted by atomic mass is 16.3. The van der Waals surface area contributed by atoms with Crippen molar-refractivity contribution >= 4 is 0 Å². The molecule has 0 saturated carbocycles. The number of benzene rings is 1. The molecule has 1 aliphatic rings. The second-order valence-corrected chi connectivity index (χ2v) is 5.25. The molecule has 0 bridgehead atoms. The molecule has 0 spiro atoms. The van der Waals surface area contributed by atoms with Gasteiger partial charge in [-0.15, -0.1) is 0 Å². The SMILES string of the molecule is CCNC(c1ccco1)C1CCCc2ccccc21. The van der Waals surface area contributed by atoms with Crippen LogP contribution in [-0.4, -0.2) is 6.54 Å². The monoisotopic (exact) mass is 255 g/mol. The van der Waals surface area contributed by atoms with E-state index in [0.29, 0.717) is 12.0 Å². The molecule has 2 unspecified atom stereocenters. The van der Waals surface area contributed by atoms with Gasteiger partial charge in [0.1, 0.15) is 5.76 Å². The van der Waals surface area contributed by atoms with Crippen molar-refractivity contribution in [3.05, 3.63) is 59.5 Å². The largest absolute Gasteiger partial charge is 0.468 e. The van der Waals surface area contributed by atoms with Crippen molar-refractivity contribution in [1.29, 1.82) is 0 Å². The van der Waals surface area contributed by atoms with Crippen molar-refractivity contribution < 1.29 is 4.42 Å². The van der Waals surface area contributed by atoms with Crippen molar-refractivity contribution in [1.82, 2.24) is 5.32 Å². The van der Waals surface area contributed by atoms with E-state index in [0.717, 1.165) is 12.3 Å². The van der Waals surface area contributed by atoms with Crippen LogP contribution in [0.4, 0.5) is 0 Å². The van der Waals surface area contributed by atoms with Crippen LogP contribution in [-0.2, 0) is 6.42 Å². The fourth-order valence-electron chi connectivity index (χ4n) is 3.27. The van der Waals surface area contributed by atoms with Gasteiger partial charge in [-0.05, 0) is 49.1 Å². The molecule has 0 radical (unpaired) electrons. The molecule has 0 fully saturated rings. The third-order valence-electron chi connectivity index (χ3n) is 4.09. The summed E-state index contributed by atoms with van der Waals surface area (Å²) in [5.41, 5.74) is 3.00. The first-order chi connectivity index (χ1) is 9.40. The van der Waals surface area contributed by atoms with Crippen LogP contribution < -0.4 is 5.32 Å². The van der Waals surface area contributed by atoms with Gasteiger partial charge < -0.3 is 9.73 Å². The van der Waals surface area contributed by atoms with Crippen molar-refractivity contribution in [2.45, 2.75) is 38.1 Å². The lowest BCUT2D eigenvalue weighted by Gasteiger charge is -2.31. The van der Waals surface area contributed by atoms with Gasteiger partial charge in [-0.1, -0.05) is 31.2 Å². The molecule has 19 heavy (non-hydrogen) atoms. The number of furan rings is 1. The van der Waals surface area contributed by atoms with Gasteiger partial charge in [0.05, 0.1) is 12.3 Å². The van der Waals surface area contributed by atoms with Crippen LogP contribution in [0.25, 0.3) is 0 Å². The third kappa shape index (κ3) is 2.45. The van der Waals surface area contributed by atoms with Gasteiger partial charge in [-0.2, -0.15) is 0 Å². The number of nitrogens with one attached hydrogen (secondary N) is 1. The summed E-state index contributed by atoms with van der Waals surface area (Å²) >= 11 is 0. The first-order valence-corrected chi connectivity index (χ1v) is 7.24. The van der Waals surface area contributed by atoms with E-state index in [4.69, 9.17) is 4.42 Å². The molecule has 1 aromatic carbocycles. The lowest BCUT2D eigenvalue weighted by Crippen LogP contribution is -2.29. The van der Waals surface area contributed by atoms with Gasteiger partial charge in [0.15, 0.2) is 0 Å². The minimum atomic E-state index is 0.293. The van der Waals surface area contributed by atoms with Crippen molar-refractivity contribution in [2.75, 3.05) is 6.54 Å². The van der Waals surface area contributed by atoms with Crippen LogP contribution in [0.1, 0.15) is 48.6 Å². The second-order valence-electron chi connectivity index (χ2n) is 5.25. The number of hydrogen-bond acceptors (Lipinski definition) is 2. The number of hydrogen-bond donors (Lipinski definition) is 1. The van der Waals surface area contributed by atoms with Crippen LogP contribution in [0.15, 0.2) is 47.1 Å². The Hall–Kier alpha value is -1.54. The Balaban J connectivity index is 1.96. The van der Waals surface area contributed by atoms with Gasteiger partial charge in [0, 0.05) is 5.92 Å².